The second-order valence-electron chi connectivity index (χ2n) is 7.48. The summed E-state index contributed by atoms with van der Waals surface area (Å²) >= 11 is 0. The highest BCUT2D eigenvalue weighted by Gasteiger charge is 2.32. The molecular weight excluding hydrogens is 321 g/mol. The third-order valence-electron chi connectivity index (χ3n) is 4.41. The predicted octanol–water partition coefficient (Wildman–Crippen LogP) is 3.82. The van der Waals surface area contributed by atoms with Gasteiger partial charge in [0.1, 0.15) is 11.4 Å². The van der Waals surface area contributed by atoms with Gasteiger partial charge in [-0.2, -0.15) is 0 Å². The van der Waals surface area contributed by atoms with E-state index in [0.29, 0.717) is 13.1 Å². The smallest absolute Gasteiger partial charge is 0.410 e. The monoisotopic (exact) mass is 345 g/mol. The fourth-order valence-corrected chi connectivity index (χ4v) is 3.16. The van der Waals surface area contributed by atoms with Crippen molar-refractivity contribution in [2.75, 3.05) is 25.0 Å². The summed E-state index contributed by atoms with van der Waals surface area (Å²) in [5.41, 5.74) is 1.17. The Bertz CT molecular complexity index is 788. The molecule has 1 aromatic carbocycles. The summed E-state index contributed by atoms with van der Waals surface area (Å²) in [6.07, 6.45) is 1.79. The molecule has 2 aromatic rings. The van der Waals surface area contributed by atoms with Gasteiger partial charge >= 0.3 is 6.09 Å². The van der Waals surface area contributed by atoms with Crippen molar-refractivity contribution < 1.29 is 13.9 Å². The Labute approximate surface area is 147 Å². The highest BCUT2D eigenvalue weighted by atomic mass is 19.1. The molecule has 5 nitrogen and oxygen atoms in total. The number of halogens is 1. The second kappa shape index (κ2) is 6.50. The first-order chi connectivity index (χ1) is 11.7. The van der Waals surface area contributed by atoms with Crippen LogP contribution in [-0.4, -0.2) is 47.8 Å². The fraction of sp³-hybridized carbons (Fsp3) is 0.474. The first kappa shape index (κ1) is 17.5. The van der Waals surface area contributed by atoms with Gasteiger partial charge in [-0.05, 0) is 45.4 Å². The van der Waals surface area contributed by atoms with Crippen LogP contribution in [0.3, 0.4) is 0 Å². The lowest BCUT2D eigenvalue weighted by Crippen LogP contribution is -2.39. The highest BCUT2D eigenvalue weighted by molar-refractivity contribution is 5.91. The van der Waals surface area contributed by atoms with E-state index in [-0.39, 0.29) is 18.0 Å². The van der Waals surface area contributed by atoms with Gasteiger partial charge in [0.15, 0.2) is 0 Å². The number of rotatable bonds is 2. The molecule has 0 unspecified atom stereocenters. The molecule has 6 heteroatoms. The number of aromatic nitrogens is 1. The number of likely N-dealkylation sites (tertiary alicyclic amines) is 1. The molecule has 3 rings (SSSR count). The van der Waals surface area contributed by atoms with E-state index >= 15 is 0 Å². The maximum absolute atomic E-state index is 13.6. The molecule has 0 saturated carbocycles. The first-order valence-corrected chi connectivity index (χ1v) is 8.49. The van der Waals surface area contributed by atoms with Crippen LogP contribution < -0.4 is 4.90 Å². The summed E-state index contributed by atoms with van der Waals surface area (Å²) in [6, 6.07) is 7.41. The van der Waals surface area contributed by atoms with Gasteiger partial charge in [-0.25, -0.2) is 9.18 Å². The van der Waals surface area contributed by atoms with Crippen molar-refractivity contribution in [3.05, 3.63) is 36.3 Å². The van der Waals surface area contributed by atoms with E-state index in [9.17, 15) is 9.18 Å². The van der Waals surface area contributed by atoms with Crippen molar-refractivity contribution in [1.82, 2.24) is 9.88 Å². The van der Waals surface area contributed by atoms with Crippen LogP contribution in [0, 0.1) is 5.82 Å². The summed E-state index contributed by atoms with van der Waals surface area (Å²) < 4.78 is 19.1. The molecule has 0 bridgehead atoms. The number of ether oxygens (including phenoxy) is 1. The molecule has 0 N–H and O–H groups in total. The minimum atomic E-state index is -0.500. The van der Waals surface area contributed by atoms with Crippen molar-refractivity contribution in [2.24, 2.45) is 0 Å². The van der Waals surface area contributed by atoms with Crippen LogP contribution in [0.15, 0.2) is 30.5 Å². The van der Waals surface area contributed by atoms with Crippen molar-refractivity contribution in [3.63, 3.8) is 0 Å². The lowest BCUT2D eigenvalue weighted by atomic mass is 10.1. The lowest BCUT2D eigenvalue weighted by molar-refractivity contribution is 0.0292. The number of hydrogen-bond acceptors (Lipinski definition) is 4. The molecule has 2 heterocycles. The number of hydrogen-bond donors (Lipinski definition) is 0. The number of amides is 1. The van der Waals surface area contributed by atoms with Gasteiger partial charge < -0.3 is 14.5 Å². The van der Waals surface area contributed by atoms with E-state index in [4.69, 9.17) is 4.74 Å². The fourth-order valence-electron chi connectivity index (χ4n) is 3.16. The molecule has 0 aliphatic carbocycles. The van der Waals surface area contributed by atoms with Crippen molar-refractivity contribution in [2.45, 2.75) is 38.8 Å². The van der Waals surface area contributed by atoms with Crippen molar-refractivity contribution in [1.29, 1.82) is 0 Å². The number of pyridine rings is 1. The predicted molar refractivity (Wildman–Crippen MR) is 96.3 cm³/mol. The number of carbonyl (C=O) groups is 1. The molecule has 1 aromatic heterocycles. The summed E-state index contributed by atoms with van der Waals surface area (Å²) in [5, 5.41) is 0.778. The third-order valence-corrected chi connectivity index (χ3v) is 4.41. The van der Waals surface area contributed by atoms with Gasteiger partial charge in [0, 0.05) is 37.3 Å². The average molecular weight is 345 g/mol. The second-order valence-corrected chi connectivity index (χ2v) is 7.48. The molecule has 1 aliphatic heterocycles. The summed E-state index contributed by atoms with van der Waals surface area (Å²) in [4.78, 5) is 20.2. The SMILES string of the molecule is CN(c1cccc2ncc(F)cc12)[C@H]1CCN(C(=O)OC(C)(C)C)C1. The van der Waals surface area contributed by atoms with Gasteiger partial charge in [-0.15, -0.1) is 0 Å². The maximum atomic E-state index is 13.6. The zero-order chi connectivity index (χ0) is 18.2. The number of benzene rings is 1. The van der Waals surface area contributed by atoms with Gasteiger partial charge in [-0.1, -0.05) is 6.07 Å². The van der Waals surface area contributed by atoms with E-state index in [1.807, 2.05) is 46.0 Å². The minimum absolute atomic E-state index is 0.154. The van der Waals surface area contributed by atoms with Crippen LogP contribution in [0.5, 0.6) is 0 Å². The van der Waals surface area contributed by atoms with Gasteiger partial charge in [-0.3, -0.25) is 4.98 Å². The lowest BCUT2D eigenvalue weighted by Gasteiger charge is -2.28. The van der Waals surface area contributed by atoms with E-state index in [1.165, 1.54) is 12.3 Å². The standard InChI is InChI=1S/C19H24FN3O2/c1-19(2,3)25-18(24)23-9-8-14(12-23)22(4)17-7-5-6-16-15(17)10-13(20)11-21-16/h5-7,10-11,14H,8-9,12H2,1-4H3/t14-/m0/s1. The zero-order valence-electron chi connectivity index (χ0n) is 15.1. The third kappa shape index (κ3) is 3.83. The Morgan fingerprint density at radius 1 is 1.40 bits per heavy atom. The van der Waals surface area contributed by atoms with E-state index in [1.54, 1.807) is 4.90 Å². The summed E-state index contributed by atoms with van der Waals surface area (Å²) in [6.45, 7) is 6.83. The molecular formula is C19H24FN3O2. The Balaban J connectivity index is 1.78. The number of carbonyl (C=O) groups excluding carboxylic acids is 1. The molecule has 1 amide bonds. The number of anilines is 1. The van der Waals surface area contributed by atoms with Crippen LogP contribution in [0.2, 0.25) is 0 Å². The van der Waals surface area contributed by atoms with Crippen molar-refractivity contribution in [3.8, 4) is 0 Å². The molecule has 1 fully saturated rings. The van der Waals surface area contributed by atoms with Crippen LogP contribution in [0.25, 0.3) is 10.9 Å². The maximum Gasteiger partial charge on any atom is 0.410 e. The quantitative estimate of drug-likeness (QED) is 0.830. The summed E-state index contributed by atoms with van der Waals surface area (Å²) in [7, 11) is 1.98. The molecule has 25 heavy (non-hydrogen) atoms. The van der Waals surface area contributed by atoms with Gasteiger partial charge in [0.2, 0.25) is 0 Å². The Hall–Kier alpha value is -2.37. The molecule has 1 aliphatic rings. The highest BCUT2D eigenvalue weighted by Crippen LogP contribution is 2.29. The number of fused-ring (bicyclic) bond motifs is 1. The molecule has 134 valence electrons. The Morgan fingerprint density at radius 2 is 2.16 bits per heavy atom. The zero-order valence-corrected chi connectivity index (χ0v) is 15.1. The van der Waals surface area contributed by atoms with E-state index in [0.717, 1.165) is 23.0 Å². The van der Waals surface area contributed by atoms with Crippen LogP contribution in [0.4, 0.5) is 14.9 Å². The summed E-state index contributed by atoms with van der Waals surface area (Å²) in [5.74, 6) is -0.352. The van der Waals surface area contributed by atoms with Gasteiger partial charge in [0.05, 0.1) is 11.7 Å². The van der Waals surface area contributed by atoms with Crippen LogP contribution in [-0.2, 0) is 4.74 Å². The van der Waals surface area contributed by atoms with Crippen LogP contribution >= 0.6 is 0 Å². The largest absolute Gasteiger partial charge is 0.444 e. The minimum Gasteiger partial charge on any atom is -0.444 e. The topological polar surface area (TPSA) is 45.7 Å². The van der Waals surface area contributed by atoms with Crippen molar-refractivity contribution >= 4 is 22.7 Å². The molecule has 0 spiro atoms. The number of likely N-dealkylation sites (N-methyl/N-ethyl adjacent to an activating group) is 1. The molecule has 0 radical (unpaired) electrons. The Morgan fingerprint density at radius 3 is 2.88 bits per heavy atom. The Kier molecular flexibility index (Phi) is 4.54. The first-order valence-electron chi connectivity index (χ1n) is 8.49. The normalized spacial score (nSPS) is 17.8. The average Bonchev–Trinajstić information content (AvgIpc) is 3.02. The van der Waals surface area contributed by atoms with E-state index in [2.05, 4.69) is 9.88 Å². The van der Waals surface area contributed by atoms with E-state index < -0.39 is 5.60 Å². The van der Waals surface area contributed by atoms with Crippen LogP contribution in [0.1, 0.15) is 27.2 Å². The molecule has 1 saturated heterocycles. The van der Waals surface area contributed by atoms with Gasteiger partial charge in [0.25, 0.3) is 0 Å². The molecule has 1 atom stereocenters. The number of nitrogens with zero attached hydrogens (tertiary/aromatic N) is 3.